The van der Waals surface area contributed by atoms with E-state index >= 15 is 0 Å². The van der Waals surface area contributed by atoms with Crippen molar-refractivity contribution in [1.29, 1.82) is 10.5 Å². The van der Waals surface area contributed by atoms with Crippen LogP contribution in [0, 0.1) is 35.5 Å². The van der Waals surface area contributed by atoms with E-state index in [0.717, 1.165) is 12.0 Å². The molecule has 1 heterocycles. The number of aryl methyl sites for hydroxylation is 1. The topological polar surface area (TPSA) is 105 Å². The maximum absolute atomic E-state index is 10.1. The second-order valence-corrected chi connectivity index (χ2v) is 9.66. The van der Waals surface area contributed by atoms with Gasteiger partial charge in [-0.2, -0.15) is 10.5 Å². The van der Waals surface area contributed by atoms with Crippen molar-refractivity contribution in [1.82, 2.24) is 4.98 Å². The molecule has 3 aromatic rings. The first-order valence-corrected chi connectivity index (χ1v) is 13.2. The van der Waals surface area contributed by atoms with Crippen LogP contribution in [0.15, 0.2) is 53.6 Å². The van der Waals surface area contributed by atoms with E-state index in [-0.39, 0.29) is 11.4 Å². The summed E-state index contributed by atoms with van der Waals surface area (Å²) in [5.74, 6) is 1.89. The van der Waals surface area contributed by atoms with Crippen molar-refractivity contribution < 1.29 is 9.47 Å². The lowest BCUT2D eigenvalue weighted by Gasteiger charge is -2.15. The highest BCUT2D eigenvalue weighted by Gasteiger charge is 2.21. The van der Waals surface area contributed by atoms with E-state index in [1.165, 1.54) is 22.9 Å². The molecule has 0 aliphatic rings. The lowest BCUT2D eigenvalue weighted by Crippen LogP contribution is -2.05. The lowest BCUT2D eigenvalue weighted by atomic mass is 9.97. The van der Waals surface area contributed by atoms with Crippen molar-refractivity contribution in [2.24, 2.45) is 5.92 Å². The van der Waals surface area contributed by atoms with E-state index < -0.39 is 0 Å². The molecule has 0 aliphatic heterocycles. The molecule has 7 heteroatoms. The van der Waals surface area contributed by atoms with Gasteiger partial charge >= 0.3 is 0 Å². The first-order chi connectivity index (χ1) is 17.9. The fraction of sp³-hybridized carbons (Fsp3) is 0.300. The molecule has 190 valence electrons. The number of ether oxygens (including phenoxy) is 2. The molecule has 3 rings (SSSR count). The Balaban J connectivity index is 1.97. The Labute approximate surface area is 223 Å². The molecule has 0 bridgehead atoms. The maximum atomic E-state index is 10.1. The average Bonchev–Trinajstić information content (AvgIpc) is 2.91. The van der Waals surface area contributed by atoms with E-state index in [1.54, 1.807) is 19.2 Å². The minimum Gasteiger partial charge on any atom is -0.491 e. The Morgan fingerprint density at radius 1 is 1.08 bits per heavy atom. The highest BCUT2D eigenvalue weighted by molar-refractivity contribution is 7.98. The molecule has 0 radical (unpaired) electrons. The van der Waals surface area contributed by atoms with Gasteiger partial charge in [0.1, 0.15) is 40.9 Å². The predicted octanol–water partition coefficient (Wildman–Crippen LogP) is 6.76. The van der Waals surface area contributed by atoms with E-state index in [1.807, 2.05) is 18.2 Å². The fourth-order valence-corrected chi connectivity index (χ4v) is 4.80. The zero-order valence-electron chi connectivity index (χ0n) is 21.7. The molecule has 0 spiro atoms. The summed E-state index contributed by atoms with van der Waals surface area (Å²) in [6, 6.07) is 17.9. The van der Waals surface area contributed by atoms with Gasteiger partial charge in [0.05, 0.1) is 12.2 Å². The molecule has 0 saturated carbocycles. The molecular formula is C30H32N4O2S. The van der Waals surface area contributed by atoms with Crippen LogP contribution in [0.3, 0.4) is 0 Å². The summed E-state index contributed by atoms with van der Waals surface area (Å²) >= 11 is 1.45. The van der Waals surface area contributed by atoms with Crippen LogP contribution in [0.2, 0.25) is 0 Å². The molecule has 37 heavy (non-hydrogen) atoms. The van der Waals surface area contributed by atoms with Gasteiger partial charge in [0.25, 0.3) is 0 Å². The Hall–Kier alpha value is -3.78. The summed E-state index contributed by atoms with van der Waals surface area (Å²) in [6.45, 7) is 7.39. The third-order valence-corrected chi connectivity index (χ3v) is 7.15. The first-order valence-electron chi connectivity index (χ1n) is 12.2. The van der Waals surface area contributed by atoms with Crippen LogP contribution in [0.4, 0.5) is 5.82 Å². The van der Waals surface area contributed by atoms with Gasteiger partial charge in [0.15, 0.2) is 0 Å². The highest BCUT2D eigenvalue weighted by Crippen LogP contribution is 2.37. The van der Waals surface area contributed by atoms with Gasteiger partial charge in [-0.05, 0) is 47.2 Å². The Bertz CT molecular complexity index is 1340. The molecule has 1 aromatic heterocycles. The van der Waals surface area contributed by atoms with Crippen LogP contribution >= 0.6 is 11.8 Å². The Morgan fingerprint density at radius 2 is 1.81 bits per heavy atom. The smallest absolute Gasteiger partial charge is 0.143 e. The van der Waals surface area contributed by atoms with Crippen molar-refractivity contribution in [2.45, 2.75) is 38.0 Å². The standard InChI is InChI=1S/C30H32N4O2S/c1-5-20(2)9-14-25-21(3)7-6-8-23(25)19-37-30-27(18-32)28(26(17-31)29(33)34-30)22-10-12-24(13-11-22)36-16-15-35-4/h6-14,20H,5,15-16,19H2,1-4H3,(H2,33,34)/b14-9-. The maximum Gasteiger partial charge on any atom is 0.143 e. The third kappa shape index (κ3) is 6.92. The Morgan fingerprint density at radius 3 is 2.46 bits per heavy atom. The largest absolute Gasteiger partial charge is 0.491 e. The Kier molecular flexibility index (Phi) is 10.1. The molecule has 6 nitrogen and oxygen atoms in total. The van der Waals surface area contributed by atoms with Crippen LogP contribution in [0.25, 0.3) is 17.2 Å². The number of nitrogens with two attached hydrogens (primary N) is 1. The summed E-state index contributed by atoms with van der Waals surface area (Å²) < 4.78 is 10.7. The van der Waals surface area contributed by atoms with E-state index in [2.05, 4.69) is 62.2 Å². The molecule has 1 unspecified atom stereocenters. The summed E-state index contributed by atoms with van der Waals surface area (Å²) in [6.07, 6.45) is 5.50. The van der Waals surface area contributed by atoms with E-state index in [9.17, 15) is 10.5 Å². The molecule has 2 aromatic carbocycles. The van der Waals surface area contributed by atoms with Gasteiger partial charge in [0, 0.05) is 18.4 Å². The number of rotatable bonds is 11. The van der Waals surface area contributed by atoms with Crippen molar-refractivity contribution in [2.75, 3.05) is 26.1 Å². The summed E-state index contributed by atoms with van der Waals surface area (Å²) in [5.41, 5.74) is 11.5. The summed E-state index contributed by atoms with van der Waals surface area (Å²) in [7, 11) is 1.62. The monoisotopic (exact) mass is 512 g/mol. The molecular weight excluding hydrogens is 480 g/mol. The van der Waals surface area contributed by atoms with Gasteiger partial charge in [-0.25, -0.2) is 4.98 Å². The number of methoxy groups -OCH3 is 1. The van der Waals surface area contributed by atoms with Gasteiger partial charge in [0.2, 0.25) is 0 Å². The third-order valence-electron chi connectivity index (χ3n) is 6.13. The van der Waals surface area contributed by atoms with Gasteiger partial charge in [-0.3, -0.25) is 0 Å². The molecule has 0 amide bonds. The number of thioether (sulfide) groups is 1. The van der Waals surface area contributed by atoms with Crippen molar-refractivity contribution >= 4 is 23.7 Å². The summed E-state index contributed by atoms with van der Waals surface area (Å²) in [5, 5.41) is 20.5. The fourth-order valence-electron chi connectivity index (χ4n) is 3.80. The number of aromatic nitrogens is 1. The van der Waals surface area contributed by atoms with Crippen LogP contribution in [-0.4, -0.2) is 25.3 Å². The normalized spacial score (nSPS) is 11.7. The minimum absolute atomic E-state index is 0.112. The van der Waals surface area contributed by atoms with Crippen LogP contribution < -0.4 is 10.5 Å². The number of hydrogen-bond acceptors (Lipinski definition) is 7. The van der Waals surface area contributed by atoms with Crippen molar-refractivity contribution in [3.63, 3.8) is 0 Å². The van der Waals surface area contributed by atoms with Crippen LogP contribution in [-0.2, 0) is 10.5 Å². The minimum atomic E-state index is 0.112. The molecule has 2 N–H and O–H groups in total. The van der Waals surface area contributed by atoms with Crippen molar-refractivity contribution in [3.05, 3.63) is 76.4 Å². The van der Waals surface area contributed by atoms with Gasteiger partial charge in [-0.15, -0.1) is 11.8 Å². The molecule has 0 fully saturated rings. The number of nitrogen functional groups attached to an aromatic ring is 1. The zero-order chi connectivity index (χ0) is 26.8. The van der Waals surface area contributed by atoms with E-state index in [0.29, 0.717) is 52.4 Å². The number of nitriles is 2. The number of benzene rings is 2. The first kappa shape index (κ1) is 27.8. The SMILES string of the molecule is CCC(C)/C=C\c1c(C)cccc1CSc1nc(N)c(C#N)c(-c2ccc(OCCOC)cc2)c1C#N. The second-order valence-electron chi connectivity index (χ2n) is 8.70. The van der Waals surface area contributed by atoms with Crippen LogP contribution in [0.1, 0.15) is 48.1 Å². The van der Waals surface area contributed by atoms with E-state index in [4.69, 9.17) is 15.2 Å². The number of pyridine rings is 1. The summed E-state index contributed by atoms with van der Waals surface area (Å²) in [4.78, 5) is 4.46. The van der Waals surface area contributed by atoms with Crippen LogP contribution in [0.5, 0.6) is 5.75 Å². The van der Waals surface area contributed by atoms with Gasteiger partial charge in [-0.1, -0.05) is 62.8 Å². The lowest BCUT2D eigenvalue weighted by molar-refractivity contribution is 0.146. The number of allylic oxidation sites excluding steroid dienone is 1. The number of anilines is 1. The molecule has 0 saturated heterocycles. The predicted molar refractivity (Wildman–Crippen MR) is 150 cm³/mol. The quantitative estimate of drug-likeness (QED) is 0.223. The zero-order valence-corrected chi connectivity index (χ0v) is 22.6. The number of hydrogen-bond donors (Lipinski definition) is 1. The number of nitrogens with zero attached hydrogens (tertiary/aromatic N) is 3. The van der Waals surface area contributed by atoms with Gasteiger partial charge < -0.3 is 15.2 Å². The second kappa shape index (κ2) is 13.5. The van der Waals surface area contributed by atoms with Crippen molar-refractivity contribution in [3.8, 4) is 29.0 Å². The highest BCUT2D eigenvalue weighted by atomic mass is 32.2. The molecule has 1 atom stereocenters. The molecule has 0 aliphatic carbocycles. The average molecular weight is 513 g/mol.